The van der Waals surface area contributed by atoms with E-state index in [-0.39, 0.29) is 54.2 Å². The Bertz CT molecular complexity index is 1270. The normalized spacial score (nSPS) is 27.8. The molecule has 4 rings (SSSR count). The SMILES string of the molecule is CCC(C)C(=O)OC1CC(C)C=C2C=CC(C)C(CCC3CC(OC(=O)NCCCCCCCCCCCCNC(=O)CCCCC4CCSS4)CC(=O)O3)C21. The van der Waals surface area contributed by atoms with Crippen LogP contribution in [0, 0.1) is 29.6 Å². The average Bonchev–Trinajstić information content (AvgIpc) is 3.69. The van der Waals surface area contributed by atoms with Gasteiger partial charge in [-0.1, -0.05) is 125 Å². The number of rotatable bonds is 25. The number of carbonyl (C=O) groups excluding carboxylic acids is 4. The monoisotopic (exact) mass is 818 g/mol. The van der Waals surface area contributed by atoms with Crippen LogP contribution >= 0.6 is 21.6 Å². The predicted octanol–water partition coefficient (Wildman–Crippen LogP) is 10.7. The zero-order valence-corrected chi connectivity index (χ0v) is 36.7. The topological polar surface area (TPSA) is 120 Å². The van der Waals surface area contributed by atoms with Crippen LogP contribution in [0.4, 0.5) is 4.79 Å². The van der Waals surface area contributed by atoms with Gasteiger partial charge in [0, 0.05) is 42.9 Å². The van der Waals surface area contributed by atoms with Crippen molar-refractivity contribution in [2.75, 3.05) is 18.8 Å². The van der Waals surface area contributed by atoms with E-state index in [0.717, 1.165) is 63.2 Å². The van der Waals surface area contributed by atoms with E-state index in [0.29, 0.717) is 37.6 Å². The molecule has 11 heteroatoms. The molecule has 0 spiro atoms. The van der Waals surface area contributed by atoms with Gasteiger partial charge in [-0.2, -0.15) is 0 Å². The van der Waals surface area contributed by atoms with Crippen LogP contribution in [0.5, 0.6) is 0 Å². The van der Waals surface area contributed by atoms with Crippen LogP contribution < -0.4 is 10.6 Å². The fourth-order valence-corrected chi connectivity index (χ4v) is 11.8. The molecule has 0 bridgehead atoms. The van der Waals surface area contributed by atoms with Gasteiger partial charge >= 0.3 is 18.0 Å². The Hall–Kier alpha value is -2.14. The molecule has 0 saturated carbocycles. The van der Waals surface area contributed by atoms with Crippen LogP contribution in [-0.2, 0) is 28.6 Å². The molecule has 9 unspecified atom stereocenters. The van der Waals surface area contributed by atoms with Crippen molar-refractivity contribution >= 4 is 45.5 Å². The lowest BCUT2D eigenvalue weighted by molar-refractivity contribution is -0.162. The number of nitrogens with one attached hydrogen (secondary N) is 2. The molecular formula is C45H74N2O7S2. The summed E-state index contributed by atoms with van der Waals surface area (Å²) in [6.07, 6.45) is 26.1. The van der Waals surface area contributed by atoms with Gasteiger partial charge in [-0.05, 0) is 81.1 Å². The molecule has 0 radical (unpaired) electrons. The summed E-state index contributed by atoms with van der Waals surface area (Å²) >= 11 is 0. The molecular weight excluding hydrogens is 745 g/mol. The van der Waals surface area contributed by atoms with Crippen molar-refractivity contribution in [3.05, 3.63) is 23.8 Å². The number of unbranched alkanes of at least 4 members (excludes halogenated alkanes) is 10. The molecule has 0 aromatic carbocycles. The third-order valence-corrected chi connectivity index (χ3v) is 15.3. The highest BCUT2D eigenvalue weighted by molar-refractivity contribution is 8.77. The number of hydrogen-bond acceptors (Lipinski definition) is 9. The van der Waals surface area contributed by atoms with E-state index in [9.17, 15) is 19.2 Å². The molecule has 2 aliphatic carbocycles. The van der Waals surface area contributed by atoms with Gasteiger partial charge in [0.15, 0.2) is 0 Å². The molecule has 2 fully saturated rings. The predicted molar refractivity (Wildman–Crippen MR) is 229 cm³/mol. The fraction of sp³-hybridized carbons (Fsp3) is 0.822. The van der Waals surface area contributed by atoms with Crippen molar-refractivity contribution < 1.29 is 33.4 Å². The summed E-state index contributed by atoms with van der Waals surface area (Å²) in [5.41, 5.74) is 1.25. The number of carbonyl (C=O) groups is 4. The van der Waals surface area contributed by atoms with E-state index >= 15 is 0 Å². The molecule has 2 heterocycles. The van der Waals surface area contributed by atoms with Gasteiger partial charge in [-0.25, -0.2) is 4.79 Å². The summed E-state index contributed by atoms with van der Waals surface area (Å²) in [7, 11) is 4.01. The number of ether oxygens (including phenoxy) is 3. The molecule has 2 saturated heterocycles. The molecule has 0 aromatic rings. The second-order valence-corrected chi connectivity index (χ2v) is 19.9. The highest BCUT2D eigenvalue weighted by Gasteiger charge is 2.42. The zero-order valence-electron chi connectivity index (χ0n) is 35.1. The number of cyclic esters (lactones) is 1. The van der Waals surface area contributed by atoms with Crippen LogP contribution in [0.2, 0.25) is 0 Å². The lowest BCUT2D eigenvalue weighted by Crippen LogP contribution is -2.42. The second-order valence-electron chi connectivity index (χ2n) is 17.1. The van der Waals surface area contributed by atoms with E-state index in [4.69, 9.17) is 14.2 Å². The second kappa shape index (κ2) is 26.1. The van der Waals surface area contributed by atoms with Crippen molar-refractivity contribution in [3.8, 4) is 0 Å². The Morgan fingerprint density at radius 2 is 1.57 bits per heavy atom. The summed E-state index contributed by atoms with van der Waals surface area (Å²) in [6, 6.07) is 0. The molecule has 2 amide bonds. The Morgan fingerprint density at radius 1 is 0.875 bits per heavy atom. The summed E-state index contributed by atoms with van der Waals surface area (Å²) in [5, 5.41) is 6.79. The maximum Gasteiger partial charge on any atom is 0.407 e. The highest BCUT2D eigenvalue weighted by Crippen LogP contribution is 2.45. The number of esters is 2. The summed E-state index contributed by atoms with van der Waals surface area (Å²) in [5.74, 6) is 1.97. The largest absolute Gasteiger partial charge is 0.462 e. The van der Waals surface area contributed by atoms with Gasteiger partial charge in [0.1, 0.15) is 18.3 Å². The maximum absolute atomic E-state index is 12.8. The molecule has 0 aromatic heterocycles. The highest BCUT2D eigenvalue weighted by atomic mass is 33.1. The van der Waals surface area contributed by atoms with Crippen LogP contribution in [0.15, 0.2) is 23.8 Å². The fourth-order valence-electron chi connectivity index (χ4n) is 8.73. The van der Waals surface area contributed by atoms with Gasteiger partial charge in [-0.15, -0.1) is 0 Å². The Labute approximate surface area is 346 Å². The lowest BCUT2D eigenvalue weighted by Gasteiger charge is -2.43. The molecule has 2 N–H and O–H groups in total. The van der Waals surface area contributed by atoms with Crippen molar-refractivity contribution in [1.29, 1.82) is 0 Å². The van der Waals surface area contributed by atoms with Crippen molar-refractivity contribution in [2.24, 2.45) is 29.6 Å². The number of alkyl carbamates (subject to hydrolysis) is 1. The Balaban J connectivity index is 1.01. The summed E-state index contributed by atoms with van der Waals surface area (Å²) < 4.78 is 17.6. The van der Waals surface area contributed by atoms with Crippen LogP contribution in [0.3, 0.4) is 0 Å². The minimum Gasteiger partial charge on any atom is -0.462 e. The van der Waals surface area contributed by atoms with Crippen LogP contribution in [0.25, 0.3) is 0 Å². The third kappa shape index (κ3) is 17.0. The lowest BCUT2D eigenvalue weighted by atomic mass is 9.65. The van der Waals surface area contributed by atoms with Crippen molar-refractivity contribution in [1.82, 2.24) is 10.6 Å². The van der Waals surface area contributed by atoms with Crippen molar-refractivity contribution in [2.45, 2.75) is 186 Å². The van der Waals surface area contributed by atoms with Gasteiger partial charge < -0.3 is 24.8 Å². The van der Waals surface area contributed by atoms with Gasteiger partial charge in [-0.3, -0.25) is 14.4 Å². The summed E-state index contributed by atoms with van der Waals surface area (Å²) in [4.78, 5) is 50.1. The zero-order chi connectivity index (χ0) is 40.1. The third-order valence-electron chi connectivity index (χ3n) is 12.3. The molecule has 56 heavy (non-hydrogen) atoms. The molecule has 4 aliphatic rings. The van der Waals surface area contributed by atoms with Gasteiger partial charge in [0.05, 0.1) is 12.3 Å². The van der Waals surface area contributed by atoms with Crippen LogP contribution in [-0.4, -0.2) is 66.3 Å². The van der Waals surface area contributed by atoms with E-state index < -0.39 is 12.2 Å². The van der Waals surface area contributed by atoms with Crippen molar-refractivity contribution in [3.63, 3.8) is 0 Å². The molecule has 9 nitrogen and oxygen atoms in total. The first kappa shape index (κ1) is 46.5. The minimum absolute atomic E-state index is 0.0867. The Kier molecular flexibility index (Phi) is 21.7. The number of allylic oxidation sites excluding steroid dienone is 3. The first-order valence-corrected chi connectivity index (χ1v) is 24.8. The standard InChI is InChI=1S/C45H74N2O7S2/c1-5-33(3)44(50)54-40-29-32(2)28-35-21-20-34(4)39(43(35)40)23-22-36-30-37(31-42(49)52-36)53-45(51)47-26-17-13-11-9-7-6-8-10-12-16-25-46-41(48)19-15-14-18-38-24-27-55-56-38/h20-21,28,32-34,36-40,43H,5-19,22-27,29-31H2,1-4H3,(H,46,48)(H,47,51). The average molecular weight is 819 g/mol. The van der Waals surface area contributed by atoms with E-state index in [1.165, 1.54) is 69.1 Å². The Morgan fingerprint density at radius 3 is 2.25 bits per heavy atom. The number of hydrogen-bond donors (Lipinski definition) is 2. The minimum atomic E-state index is -0.488. The van der Waals surface area contributed by atoms with Crippen LogP contribution in [0.1, 0.15) is 163 Å². The smallest absolute Gasteiger partial charge is 0.407 e. The quantitative estimate of drug-likeness (QED) is 0.0401. The van der Waals surface area contributed by atoms with Gasteiger partial charge in [0.25, 0.3) is 0 Å². The first-order chi connectivity index (χ1) is 27.1. The van der Waals surface area contributed by atoms with E-state index in [1.54, 1.807) is 0 Å². The van der Waals surface area contributed by atoms with Gasteiger partial charge in [0.2, 0.25) is 5.91 Å². The number of amides is 2. The number of fused-ring (bicyclic) bond motifs is 1. The maximum atomic E-state index is 12.8. The van der Waals surface area contributed by atoms with E-state index in [2.05, 4.69) is 42.7 Å². The molecule has 2 aliphatic heterocycles. The first-order valence-electron chi connectivity index (χ1n) is 22.4. The molecule has 9 atom stereocenters. The summed E-state index contributed by atoms with van der Waals surface area (Å²) in [6.45, 7) is 9.72. The molecule has 318 valence electrons. The van der Waals surface area contributed by atoms with E-state index in [1.807, 2.05) is 35.4 Å².